The first-order valence-electron chi connectivity index (χ1n) is 13.0. The summed E-state index contributed by atoms with van der Waals surface area (Å²) in [6.45, 7) is 4.21. The van der Waals surface area contributed by atoms with Gasteiger partial charge in [-0.1, -0.05) is 48.5 Å². The number of likely N-dealkylation sites (N-methyl/N-ethyl adjacent to an activating group) is 1. The van der Waals surface area contributed by atoms with Crippen molar-refractivity contribution in [3.63, 3.8) is 0 Å². The third-order valence-electron chi connectivity index (χ3n) is 7.30. The number of nitrogens with one attached hydrogen (secondary N) is 1. The number of fused-ring (bicyclic) bond motifs is 1. The Morgan fingerprint density at radius 3 is 2.38 bits per heavy atom. The molecular formula is C31H29N5O2S. The predicted octanol–water partition coefficient (Wildman–Crippen LogP) is 5.10. The summed E-state index contributed by atoms with van der Waals surface area (Å²) in [5.41, 5.74) is 3.89. The molecule has 8 heteroatoms. The average molecular weight is 536 g/mol. The molecule has 2 aromatic heterocycles. The second-order valence-corrected chi connectivity index (χ2v) is 10.7. The van der Waals surface area contributed by atoms with Gasteiger partial charge >= 0.3 is 0 Å². The van der Waals surface area contributed by atoms with Crippen LogP contribution in [0.25, 0.3) is 21.9 Å². The molecule has 7 nitrogen and oxygen atoms in total. The molecule has 196 valence electrons. The number of thiazole rings is 1. The number of rotatable bonds is 6. The van der Waals surface area contributed by atoms with Crippen LogP contribution in [0.15, 0.2) is 101 Å². The fraction of sp³-hybridized carbons (Fsp3) is 0.194. The number of carbonyl (C=O) groups is 1. The smallest absolute Gasteiger partial charge is 0.259 e. The van der Waals surface area contributed by atoms with Gasteiger partial charge in [-0.15, -0.1) is 11.3 Å². The summed E-state index contributed by atoms with van der Waals surface area (Å²) in [4.78, 5) is 36.0. The highest BCUT2D eigenvalue weighted by molar-refractivity contribution is 7.13. The third kappa shape index (κ3) is 5.21. The molecule has 1 atom stereocenters. The molecule has 1 aliphatic heterocycles. The highest BCUT2D eigenvalue weighted by Crippen LogP contribution is 2.27. The fourth-order valence-corrected chi connectivity index (χ4v) is 5.64. The number of carbonyl (C=O) groups excluding carboxylic acids is 1. The molecule has 3 aromatic carbocycles. The Morgan fingerprint density at radius 1 is 0.923 bits per heavy atom. The molecule has 5 aromatic rings. The minimum atomic E-state index is -0.825. The Bertz CT molecular complexity index is 1640. The minimum Gasteiger partial charge on any atom is -0.369 e. The number of piperazine rings is 1. The standard InChI is InChI=1S/C31H29N5O2S/c1-34-16-18-35(19-17-34)26-10-7-22(8-11-26)24-9-12-27-25(21-24)13-15-36(30(27)38)28(23-5-3-2-4-6-23)29(37)33-31-32-14-20-39-31/h2-15,20-21,28H,16-19H2,1H3,(H,32,33,37). The van der Waals surface area contributed by atoms with Gasteiger partial charge in [0.2, 0.25) is 0 Å². The zero-order valence-electron chi connectivity index (χ0n) is 21.7. The van der Waals surface area contributed by atoms with Crippen LogP contribution in [0.1, 0.15) is 11.6 Å². The van der Waals surface area contributed by atoms with Crippen LogP contribution in [0, 0.1) is 0 Å². The summed E-state index contributed by atoms with van der Waals surface area (Å²) in [6, 6.07) is 24.9. The van der Waals surface area contributed by atoms with Crippen LogP contribution in [0.3, 0.4) is 0 Å². The van der Waals surface area contributed by atoms with E-state index < -0.39 is 6.04 Å². The molecule has 1 saturated heterocycles. The second kappa shape index (κ2) is 10.8. The molecule has 6 rings (SSSR count). The number of pyridine rings is 1. The maximum Gasteiger partial charge on any atom is 0.259 e. The maximum atomic E-state index is 13.7. The van der Waals surface area contributed by atoms with Crippen LogP contribution in [0.2, 0.25) is 0 Å². The number of hydrogen-bond acceptors (Lipinski definition) is 6. The van der Waals surface area contributed by atoms with Crippen molar-refractivity contribution in [1.82, 2.24) is 14.5 Å². The van der Waals surface area contributed by atoms with Gasteiger partial charge in [-0.2, -0.15) is 0 Å². The number of benzene rings is 3. The predicted molar refractivity (Wildman–Crippen MR) is 159 cm³/mol. The van der Waals surface area contributed by atoms with Gasteiger partial charge in [0.1, 0.15) is 6.04 Å². The molecule has 0 spiro atoms. The maximum absolute atomic E-state index is 13.7. The van der Waals surface area contributed by atoms with Crippen molar-refractivity contribution in [2.24, 2.45) is 0 Å². The fourth-order valence-electron chi connectivity index (χ4n) is 5.11. The van der Waals surface area contributed by atoms with E-state index >= 15 is 0 Å². The second-order valence-electron chi connectivity index (χ2n) is 9.81. The lowest BCUT2D eigenvalue weighted by molar-refractivity contribution is -0.118. The van der Waals surface area contributed by atoms with E-state index in [2.05, 4.69) is 51.4 Å². The molecule has 1 unspecified atom stereocenters. The molecule has 1 aliphatic rings. The van der Waals surface area contributed by atoms with Crippen LogP contribution < -0.4 is 15.8 Å². The molecule has 0 bridgehead atoms. The number of amides is 1. The van der Waals surface area contributed by atoms with Crippen molar-refractivity contribution in [3.8, 4) is 11.1 Å². The third-order valence-corrected chi connectivity index (χ3v) is 7.99. The van der Waals surface area contributed by atoms with Gasteiger partial charge in [0.15, 0.2) is 5.13 Å². The number of hydrogen-bond donors (Lipinski definition) is 1. The summed E-state index contributed by atoms with van der Waals surface area (Å²) in [5.74, 6) is -0.310. The summed E-state index contributed by atoms with van der Waals surface area (Å²) in [6.07, 6.45) is 3.35. The van der Waals surface area contributed by atoms with Gasteiger partial charge < -0.3 is 9.80 Å². The van der Waals surface area contributed by atoms with Gasteiger partial charge in [-0.05, 0) is 59.5 Å². The highest BCUT2D eigenvalue weighted by atomic mass is 32.1. The van der Waals surface area contributed by atoms with Gasteiger partial charge in [0, 0.05) is 55.0 Å². The van der Waals surface area contributed by atoms with E-state index in [9.17, 15) is 9.59 Å². The lowest BCUT2D eigenvalue weighted by Crippen LogP contribution is -2.44. The van der Waals surface area contributed by atoms with Crippen LogP contribution in [0.5, 0.6) is 0 Å². The lowest BCUT2D eigenvalue weighted by Gasteiger charge is -2.34. The van der Waals surface area contributed by atoms with Crippen molar-refractivity contribution in [2.45, 2.75) is 6.04 Å². The quantitative estimate of drug-likeness (QED) is 0.327. The molecule has 3 heterocycles. The minimum absolute atomic E-state index is 0.215. The zero-order chi connectivity index (χ0) is 26.8. The topological polar surface area (TPSA) is 70.5 Å². The molecule has 1 N–H and O–H groups in total. The first-order valence-corrected chi connectivity index (χ1v) is 13.9. The molecule has 0 aliphatic carbocycles. The first-order chi connectivity index (χ1) is 19.1. The summed E-state index contributed by atoms with van der Waals surface area (Å²) < 4.78 is 1.51. The van der Waals surface area contributed by atoms with Gasteiger partial charge in [0.25, 0.3) is 11.5 Å². The van der Waals surface area contributed by atoms with Crippen molar-refractivity contribution in [3.05, 3.63) is 113 Å². The van der Waals surface area contributed by atoms with E-state index in [-0.39, 0.29) is 11.5 Å². The Hall–Kier alpha value is -4.27. The molecule has 1 fully saturated rings. The van der Waals surface area contributed by atoms with Crippen LogP contribution in [-0.4, -0.2) is 53.6 Å². The van der Waals surface area contributed by atoms with E-state index in [1.54, 1.807) is 17.8 Å². The van der Waals surface area contributed by atoms with Crippen LogP contribution in [-0.2, 0) is 4.79 Å². The molecule has 0 saturated carbocycles. The van der Waals surface area contributed by atoms with Gasteiger partial charge in [0.05, 0.1) is 0 Å². The molecule has 1 amide bonds. The Balaban J connectivity index is 1.31. The van der Waals surface area contributed by atoms with Crippen molar-refractivity contribution in [2.75, 3.05) is 43.4 Å². The first kappa shape index (κ1) is 25.0. The van der Waals surface area contributed by atoms with Gasteiger partial charge in [-0.3, -0.25) is 19.5 Å². The normalized spacial score (nSPS) is 14.8. The van der Waals surface area contributed by atoms with Crippen molar-refractivity contribution >= 4 is 38.8 Å². The summed E-state index contributed by atoms with van der Waals surface area (Å²) >= 11 is 1.34. The van der Waals surface area contributed by atoms with E-state index in [1.807, 2.05) is 54.6 Å². The highest BCUT2D eigenvalue weighted by Gasteiger charge is 2.25. The Kier molecular flexibility index (Phi) is 6.96. The number of aromatic nitrogens is 2. The van der Waals surface area contributed by atoms with E-state index in [4.69, 9.17) is 0 Å². The summed E-state index contributed by atoms with van der Waals surface area (Å²) in [7, 11) is 2.16. The average Bonchev–Trinajstić information content (AvgIpc) is 3.48. The van der Waals surface area contributed by atoms with Crippen molar-refractivity contribution in [1.29, 1.82) is 0 Å². The van der Waals surface area contributed by atoms with Gasteiger partial charge in [-0.25, -0.2) is 4.98 Å². The monoisotopic (exact) mass is 535 g/mol. The molecule has 0 radical (unpaired) electrons. The Morgan fingerprint density at radius 2 is 1.67 bits per heavy atom. The van der Waals surface area contributed by atoms with Crippen LogP contribution in [0.4, 0.5) is 10.8 Å². The van der Waals surface area contributed by atoms with E-state index in [0.29, 0.717) is 10.5 Å². The SMILES string of the molecule is CN1CCN(c2ccc(-c3ccc4c(=O)n(C(C(=O)Nc5nccs5)c5ccccc5)ccc4c3)cc2)CC1. The van der Waals surface area contributed by atoms with Crippen molar-refractivity contribution < 1.29 is 4.79 Å². The van der Waals surface area contributed by atoms with E-state index in [1.165, 1.54) is 21.6 Å². The number of anilines is 2. The largest absolute Gasteiger partial charge is 0.369 e. The zero-order valence-corrected chi connectivity index (χ0v) is 22.5. The Labute approximate surface area is 231 Å². The summed E-state index contributed by atoms with van der Waals surface area (Å²) in [5, 5.41) is 6.56. The molecular weight excluding hydrogens is 506 g/mol. The molecule has 39 heavy (non-hydrogen) atoms. The van der Waals surface area contributed by atoms with E-state index in [0.717, 1.165) is 48.3 Å². The van der Waals surface area contributed by atoms with Crippen LogP contribution >= 0.6 is 11.3 Å². The number of nitrogens with zero attached hydrogens (tertiary/aromatic N) is 4. The lowest BCUT2D eigenvalue weighted by atomic mass is 10.0.